The lowest BCUT2D eigenvalue weighted by Crippen LogP contribution is -2.18. The minimum Gasteiger partial charge on any atom is -0.435 e. The Balaban J connectivity index is 1.87. The van der Waals surface area contributed by atoms with Crippen LogP contribution in [0.2, 0.25) is 0 Å². The van der Waals surface area contributed by atoms with Gasteiger partial charge >= 0.3 is 8.38 Å². The zero-order valence-electron chi connectivity index (χ0n) is 21.3. The summed E-state index contributed by atoms with van der Waals surface area (Å²) in [4.78, 5) is 0. The normalized spacial score (nSPS) is 12.2. The van der Waals surface area contributed by atoms with Gasteiger partial charge in [0.2, 0.25) is 0 Å². The number of hydrogen-bond acceptors (Lipinski definition) is 2. The van der Waals surface area contributed by atoms with Crippen molar-refractivity contribution in [3.63, 3.8) is 0 Å². The van der Waals surface area contributed by atoms with E-state index in [1.54, 1.807) is 0 Å². The van der Waals surface area contributed by atoms with Crippen molar-refractivity contribution in [2.24, 2.45) is 0 Å². The Kier molecular flexibility index (Phi) is 6.74. The van der Waals surface area contributed by atoms with Crippen molar-refractivity contribution in [2.45, 2.75) is 59.3 Å². The molecule has 0 aliphatic heterocycles. The molecule has 0 amide bonds. The summed E-state index contributed by atoms with van der Waals surface area (Å²) in [6, 6.07) is 29.5. The standard InChI is InChI=1S/C31H35O2P/c1-22-20-21-29(24-15-9-8-14-23(22)24)34(32-27-18-12-10-16-25(27)30(2,3)4)33-28-19-13-11-17-26(28)31(5,6)7/h8-21H,1-7H3. The predicted molar refractivity (Wildman–Crippen MR) is 147 cm³/mol. The molecular weight excluding hydrogens is 435 g/mol. The van der Waals surface area contributed by atoms with Crippen LogP contribution < -0.4 is 14.4 Å². The number of para-hydroxylation sites is 2. The molecule has 4 rings (SSSR count). The molecule has 0 aliphatic carbocycles. The van der Waals surface area contributed by atoms with E-state index in [0.717, 1.165) is 16.8 Å². The fourth-order valence-corrected chi connectivity index (χ4v) is 5.72. The van der Waals surface area contributed by atoms with E-state index in [1.165, 1.54) is 27.5 Å². The van der Waals surface area contributed by atoms with Gasteiger partial charge < -0.3 is 9.05 Å². The van der Waals surface area contributed by atoms with Crippen LogP contribution in [0.25, 0.3) is 10.8 Å². The zero-order chi connectivity index (χ0) is 24.5. The van der Waals surface area contributed by atoms with Gasteiger partial charge in [-0.2, -0.15) is 0 Å². The quantitative estimate of drug-likeness (QED) is 0.271. The van der Waals surface area contributed by atoms with Gasteiger partial charge in [0.05, 0.1) is 5.30 Å². The molecule has 0 aliphatic rings. The van der Waals surface area contributed by atoms with Gasteiger partial charge in [-0.1, -0.05) is 108 Å². The lowest BCUT2D eigenvalue weighted by atomic mass is 9.86. The molecule has 0 atom stereocenters. The summed E-state index contributed by atoms with van der Waals surface area (Å²) in [7, 11) is -1.45. The molecule has 0 fully saturated rings. The van der Waals surface area contributed by atoms with Crippen molar-refractivity contribution >= 4 is 24.5 Å². The van der Waals surface area contributed by atoms with E-state index < -0.39 is 8.38 Å². The summed E-state index contributed by atoms with van der Waals surface area (Å²) in [5, 5.41) is 3.49. The smallest absolute Gasteiger partial charge is 0.326 e. The first-order valence-corrected chi connectivity index (χ1v) is 13.1. The minimum absolute atomic E-state index is 0.0454. The van der Waals surface area contributed by atoms with Crippen molar-refractivity contribution in [1.29, 1.82) is 0 Å². The Morgan fingerprint density at radius 1 is 0.529 bits per heavy atom. The van der Waals surface area contributed by atoms with Crippen molar-refractivity contribution in [2.75, 3.05) is 0 Å². The highest BCUT2D eigenvalue weighted by Gasteiger charge is 2.28. The summed E-state index contributed by atoms with van der Waals surface area (Å²) >= 11 is 0. The third-order valence-corrected chi connectivity index (χ3v) is 7.58. The Morgan fingerprint density at radius 2 is 0.971 bits per heavy atom. The predicted octanol–water partition coefficient (Wildman–Crippen LogP) is 8.84. The Morgan fingerprint density at radius 3 is 1.47 bits per heavy atom. The summed E-state index contributed by atoms with van der Waals surface area (Å²) in [6.07, 6.45) is 0. The van der Waals surface area contributed by atoms with Crippen LogP contribution in [0.5, 0.6) is 11.5 Å². The van der Waals surface area contributed by atoms with Crippen LogP contribution in [0.3, 0.4) is 0 Å². The van der Waals surface area contributed by atoms with Gasteiger partial charge in [0.1, 0.15) is 11.5 Å². The summed E-state index contributed by atoms with van der Waals surface area (Å²) in [5.41, 5.74) is 3.50. The molecule has 0 radical (unpaired) electrons. The second-order valence-electron chi connectivity index (χ2n) is 10.9. The van der Waals surface area contributed by atoms with Crippen LogP contribution >= 0.6 is 8.38 Å². The number of hydrogen-bond donors (Lipinski definition) is 0. The number of rotatable bonds is 5. The maximum absolute atomic E-state index is 6.82. The molecule has 0 bridgehead atoms. The first-order chi connectivity index (χ1) is 16.1. The lowest BCUT2D eigenvalue weighted by molar-refractivity contribution is 0.469. The second kappa shape index (κ2) is 9.43. The summed E-state index contributed by atoms with van der Waals surface area (Å²) in [6.45, 7) is 15.5. The van der Waals surface area contributed by atoms with Gasteiger partial charge in [0, 0.05) is 0 Å². The van der Waals surface area contributed by atoms with Gasteiger partial charge in [-0.25, -0.2) is 0 Å². The van der Waals surface area contributed by atoms with Gasteiger partial charge in [-0.05, 0) is 63.4 Å². The van der Waals surface area contributed by atoms with Crippen LogP contribution in [0, 0.1) is 6.92 Å². The molecule has 0 spiro atoms. The SMILES string of the molecule is Cc1ccc(P(Oc2ccccc2C(C)(C)C)Oc2ccccc2C(C)(C)C)c2ccccc12. The molecule has 0 saturated carbocycles. The van der Waals surface area contributed by atoms with E-state index in [4.69, 9.17) is 9.05 Å². The average molecular weight is 471 g/mol. The monoisotopic (exact) mass is 470 g/mol. The Bertz CT molecular complexity index is 1240. The topological polar surface area (TPSA) is 18.5 Å². The third kappa shape index (κ3) is 5.13. The molecule has 3 heteroatoms. The molecule has 4 aromatic rings. The molecule has 2 nitrogen and oxygen atoms in total. The van der Waals surface area contributed by atoms with Crippen molar-refractivity contribution in [1.82, 2.24) is 0 Å². The number of fused-ring (bicyclic) bond motifs is 1. The Labute approximate surface area is 205 Å². The molecule has 4 aromatic carbocycles. The average Bonchev–Trinajstić information content (AvgIpc) is 2.78. The fourth-order valence-electron chi connectivity index (χ4n) is 4.22. The highest BCUT2D eigenvalue weighted by molar-refractivity contribution is 7.57. The van der Waals surface area contributed by atoms with Crippen LogP contribution in [0.4, 0.5) is 0 Å². The van der Waals surface area contributed by atoms with Crippen molar-refractivity contribution in [3.05, 3.63) is 102 Å². The third-order valence-electron chi connectivity index (χ3n) is 6.07. The maximum atomic E-state index is 6.82. The highest BCUT2D eigenvalue weighted by atomic mass is 31.2. The molecule has 0 unspecified atom stereocenters. The zero-order valence-corrected chi connectivity index (χ0v) is 22.2. The maximum Gasteiger partial charge on any atom is 0.326 e. The van der Waals surface area contributed by atoms with E-state index in [1.807, 2.05) is 12.1 Å². The van der Waals surface area contributed by atoms with E-state index in [0.29, 0.717) is 0 Å². The van der Waals surface area contributed by atoms with Crippen LogP contribution in [0.15, 0.2) is 84.9 Å². The van der Waals surface area contributed by atoms with E-state index in [-0.39, 0.29) is 10.8 Å². The van der Waals surface area contributed by atoms with Gasteiger partial charge in [-0.15, -0.1) is 0 Å². The van der Waals surface area contributed by atoms with Crippen LogP contribution in [0.1, 0.15) is 58.2 Å². The lowest BCUT2D eigenvalue weighted by Gasteiger charge is -2.28. The van der Waals surface area contributed by atoms with Crippen LogP contribution in [-0.4, -0.2) is 0 Å². The molecule has 0 saturated heterocycles. The summed E-state index contributed by atoms with van der Waals surface area (Å²) < 4.78 is 13.6. The molecule has 176 valence electrons. The summed E-state index contributed by atoms with van der Waals surface area (Å²) in [5.74, 6) is 1.75. The first kappa shape index (κ1) is 24.3. The molecule has 0 N–H and O–H groups in total. The highest BCUT2D eigenvalue weighted by Crippen LogP contribution is 2.46. The largest absolute Gasteiger partial charge is 0.435 e. The second-order valence-corrected chi connectivity index (χ2v) is 12.2. The van der Waals surface area contributed by atoms with E-state index in [9.17, 15) is 0 Å². The van der Waals surface area contributed by atoms with Crippen molar-refractivity contribution in [3.8, 4) is 11.5 Å². The fraction of sp³-hybridized carbons (Fsp3) is 0.290. The molecule has 0 aromatic heterocycles. The van der Waals surface area contributed by atoms with Gasteiger partial charge in [0.25, 0.3) is 0 Å². The number of aryl methyl sites for hydroxylation is 1. The molecule has 0 heterocycles. The Hall–Kier alpha value is -2.83. The molecule has 34 heavy (non-hydrogen) atoms. The van der Waals surface area contributed by atoms with E-state index in [2.05, 4.69) is 121 Å². The van der Waals surface area contributed by atoms with Crippen molar-refractivity contribution < 1.29 is 9.05 Å². The van der Waals surface area contributed by atoms with Gasteiger partial charge in [-0.3, -0.25) is 0 Å². The minimum atomic E-state index is -1.45. The molecular formula is C31H35O2P. The van der Waals surface area contributed by atoms with Crippen LogP contribution in [-0.2, 0) is 10.8 Å². The number of benzene rings is 4. The van der Waals surface area contributed by atoms with E-state index >= 15 is 0 Å². The first-order valence-electron chi connectivity index (χ1n) is 11.9. The van der Waals surface area contributed by atoms with Gasteiger partial charge in [0.15, 0.2) is 0 Å².